The molecule has 0 bridgehead atoms. The predicted molar refractivity (Wildman–Crippen MR) is 109 cm³/mol. The number of aromatic nitrogens is 4. The Morgan fingerprint density at radius 3 is 2.37 bits per heavy atom. The molecule has 0 aliphatic carbocycles. The first-order valence-corrected chi connectivity index (χ1v) is 9.81. The molecule has 0 spiro atoms. The number of hydrogen-bond donors (Lipinski definition) is 1. The number of anilines is 1. The van der Waals surface area contributed by atoms with Crippen LogP contribution in [0, 0.1) is 0 Å². The van der Waals surface area contributed by atoms with Crippen LogP contribution in [-0.2, 0) is 4.79 Å². The van der Waals surface area contributed by atoms with Crippen molar-refractivity contribution < 1.29 is 4.79 Å². The number of hydrogen-bond acceptors (Lipinski definition) is 5. The minimum Gasteiger partial charge on any atom is -0.325 e. The number of carbonyl (C=O) groups is 1. The second-order valence-corrected chi connectivity index (χ2v) is 8.12. The van der Waals surface area contributed by atoms with E-state index in [2.05, 4.69) is 34.7 Å². The highest BCUT2D eigenvalue weighted by atomic mass is 35.5. The number of carbonyl (C=O) groups excluding carboxylic acids is 1. The van der Waals surface area contributed by atoms with E-state index >= 15 is 0 Å². The summed E-state index contributed by atoms with van der Waals surface area (Å²) in [7, 11) is 0. The average Bonchev–Trinajstić information content (AvgIpc) is 3.10. The first kappa shape index (κ1) is 19.4. The van der Waals surface area contributed by atoms with Crippen LogP contribution in [0.25, 0.3) is 5.69 Å². The van der Waals surface area contributed by atoms with Crippen molar-refractivity contribution in [2.75, 3.05) is 5.32 Å². The molecule has 0 radical (unpaired) electrons. The summed E-state index contributed by atoms with van der Waals surface area (Å²) >= 11 is 7.22. The second kappa shape index (κ2) is 8.54. The van der Waals surface area contributed by atoms with Gasteiger partial charge < -0.3 is 5.32 Å². The molecule has 1 aromatic heterocycles. The van der Waals surface area contributed by atoms with E-state index in [4.69, 9.17) is 11.6 Å². The van der Waals surface area contributed by atoms with Crippen molar-refractivity contribution in [3.05, 3.63) is 59.1 Å². The van der Waals surface area contributed by atoms with Crippen LogP contribution in [0.5, 0.6) is 0 Å². The summed E-state index contributed by atoms with van der Waals surface area (Å²) in [5.74, 6) is 0.346. The minimum absolute atomic E-state index is 0.108. The predicted octanol–water partition coefficient (Wildman–Crippen LogP) is 4.56. The Morgan fingerprint density at radius 2 is 1.74 bits per heavy atom. The second-order valence-electron chi connectivity index (χ2n) is 6.38. The van der Waals surface area contributed by atoms with Crippen LogP contribution in [0.1, 0.15) is 32.3 Å². The highest BCUT2D eigenvalue weighted by Crippen LogP contribution is 2.25. The van der Waals surface area contributed by atoms with Crippen LogP contribution in [-0.4, -0.2) is 31.4 Å². The number of halogens is 1. The molecule has 3 rings (SSSR count). The number of nitrogens with one attached hydrogen (secondary N) is 1. The Morgan fingerprint density at radius 1 is 1.07 bits per heavy atom. The molecule has 0 aliphatic heterocycles. The molecule has 2 aromatic carbocycles. The topological polar surface area (TPSA) is 72.7 Å². The number of thioether (sulfide) groups is 1. The standard InChI is InChI=1S/C19H20ClN5OS/c1-12(2)14-4-8-16(9-5-14)21-18(26)13(3)27-19-22-23-24-25(19)17-10-6-15(20)7-11-17/h4-13H,1-3H3,(H,21,26)/t13-/m0/s1. The van der Waals surface area contributed by atoms with Gasteiger partial charge in [0.25, 0.3) is 0 Å². The summed E-state index contributed by atoms with van der Waals surface area (Å²) in [6, 6.07) is 15.1. The summed E-state index contributed by atoms with van der Waals surface area (Å²) in [5.41, 5.74) is 2.79. The number of nitrogens with zero attached hydrogens (tertiary/aromatic N) is 4. The van der Waals surface area contributed by atoms with Gasteiger partial charge >= 0.3 is 0 Å². The monoisotopic (exact) mass is 401 g/mol. The molecule has 0 aliphatic rings. The lowest BCUT2D eigenvalue weighted by Gasteiger charge is -2.12. The van der Waals surface area contributed by atoms with E-state index in [9.17, 15) is 4.79 Å². The van der Waals surface area contributed by atoms with E-state index < -0.39 is 0 Å². The van der Waals surface area contributed by atoms with Gasteiger partial charge in [-0.25, -0.2) is 0 Å². The molecular weight excluding hydrogens is 382 g/mol. The summed E-state index contributed by atoms with van der Waals surface area (Å²) in [6.07, 6.45) is 0. The van der Waals surface area contributed by atoms with Gasteiger partial charge in [-0.05, 0) is 65.2 Å². The molecule has 1 atom stereocenters. The van der Waals surface area contributed by atoms with E-state index in [-0.39, 0.29) is 11.2 Å². The molecule has 27 heavy (non-hydrogen) atoms. The van der Waals surface area contributed by atoms with Crippen LogP contribution in [0.3, 0.4) is 0 Å². The normalized spacial score (nSPS) is 12.2. The van der Waals surface area contributed by atoms with Crippen molar-refractivity contribution >= 4 is 35.0 Å². The summed E-state index contributed by atoms with van der Waals surface area (Å²) in [5, 5.41) is 15.5. The SMILES string of the molecule is CC(C)c1ccc(NC(=O)[C@H](C)Sc2nnnn2-c2ccc(Cl)cc2)cc1. The van der Waals surface area contributed by atoms with Gasteiger partial charge in [-0.1, -0.05) is 49.3 Å². The van der Waals surface area contributed by atoms with Crippen LogP contribution < -0.4 is 5.32 Å². The smallest absolute Gasteiger partial charge is 0.237 e. The Kier molecular flexibility index (Phi) is 6.13. The van der Waals surface area contributed by atoms with Gasteiger partial charge in [0.15, 0.2) is 0 Å². The quantitative estimate of drug-likeness (QED) is 0.613. The van der Waals surface area contributed by atoms with Gasteiger partial charge in [-0.15, -0.1) is 5.10 Å². The molecule has 0 saturated carbocycles. The Hall–Kier alpha value is -2.38. The molecule has 0 saturated heterocycles. The lowest BCUT2D eigenvalue weighted by atomic mass is 10.0. The molecule has 0 fully saturated rings. The fourth-order valence-electron chi connectivity index (χ4n) is 2.40. The minimum atomic E-state index is -0.369. The van der Waals surface area contributed by atoms with Gasteiger partial charge in [-0.3, -0.25) is 4.79 Å². The molecule has 8 heteroatoms. The van der Waals surface area contributed by atoms with E-state index in [0.717, 1.165) is 11.4 Å². The van der Waals surface area contributed by atoms with Crippen molar-refractivity contribution in [1.82, 2.24) is 20.2 Å². The first-order valence-electron chi connectivity index (χ1n) is 8.56. The van der Waals surface area contributed by atoms with Crippen LogP contribution in [0.2, 0.25) is 5.02 Å². The molecule has 140 valence electrons. The lowest BCUT2D eigenvalue weighted by molar-refractivity contribution is -0.115. The largest absolute Gasteiger partial charge is 0.325 e. The molecule has 6 nitrogen and oxygen atoms in total. The van der Waals surface area contributed by atoms with Crippen molar-refractivity contribution in [2.24, 2.45) is 0 Å². The van der Waals surface area contributed by atoms with Crippen molar-refractivity contribution in [3.8, 4) is 5.69 Å². The van der Waals surface area contributed by atoms with Gasteiger partial charge in [0.05, 0.1) is 10.9 Å². The zero-order valence-electron chi connectivity index (χ0n) is 15.3. The highest BCUT2D eigenvalue weighted by molar-refractivity contribution is 8.00. The van der Waals surface area contributed by atoms with E-state index in [1.165, 1.54) is 17.3 Å². The molecule has 1 heterocycles. The molecule has 3 aromatic rings. The Labute approximate surface area is 167 Å². The zero-order chi connectivity index (χ0) is 19.4. The molecule has 0 unspecified atom stereocenters. The maximum Gasteiger partial charge on any atom is 0.237 e. The maximum absolute atomic E-state index is 12.5. The van der Waals surface area contributed by atoms with E-state index in [1.807, 2.05) is 43.3 Å². The number of rotatable bonds is 6. The highest BCUT2D eigenvalue weighted by Gasteiger charge is 2.19. The van der Waals surface area contributed by atoms with Gasteiger partial charge in [0.2, 0.25) is 11.1 Å². The third-order valence-corrected chi connectivity index (χ3v) is 5.29. The number of benzene rings is 2. The van der Waals surface area contributed by atoms with Crippen LogP contribution in [0.15, 0.2) is 53.7 Å². The number of amides is 1. The molecule has 1 N–H and O–H groups in total. The van der Waals surface area contributed by atoms with Gasteiger partial charge in [0.1, 0.15) is 0 Å². The third kappa shape index (κ3) is 4.87. The molecule has 1 amide bonds. The maximum atomic E-state index is 12.5. The fourth-order valence-corrected chi connectivity index (χ4v) is 3.34. The Balaban J connectivity index is 1.67. The fraction of sp³-hybridized carbons (Fsp3) is 0.263. The third-order valence-electron chi connectivity index (χ3n) is 4.01. The zero-order valence-corrected chi connectivity index (χ0v) is 16.8. The summed E-state index contributed by atoms with van der Waals surface area (Å²) in [6.45, 7) is 6.09. The van der Waals surface area contributed by atoms with Gasteiger partial charge in [-0.2, -0.15) is 4.68 Å². The number of tetrazole rings is 1. The lowest BCUT2D eigenvalue weighted by Crippen LogP contribution is -2.23. The van der Waals surface area contributed by atoms with E-state index in [0.29, 0.717) is 16.1 Å². The molecular formula is C19H20ClN5OS. The first-order chi connectivity index (χ1) is 12.9. The Bertz CT molecular complexity index is 909. The van der Waals surface area contributed by atoms with Crippen LogP contribution >= 0.6 is 23.4 Å². The summed E-state index contributed by atoms with van der Waals surface area (Å²) in [4.78, 5) is 12.5. The van der Waals surface area contributed by atoms with Crippen molar-refractivity contribution in [1.29, 1.82) is 0 Å². The van der Waals surface area contributed by atoms with Crippen LogP contribution in [0.4, 0.5) is 5.69 Å². The van der Waals surface area contributed by atoms with Gasteiger partial charge in [0, 0.05) is 10.7 Å². The van der Waals surface area contributed by atoms with E-state index in [1.54, 1.807) is 16.8 Å². The van der Waals surface area contributed by atoms with Crippen molar-refractivity contribution in [3.63, 3.8) is 0 Å². The average molecular weight is 402 g/mol. The van der Waals surface area contributed by atoms with Crippen molar-refractivity contribution in [2.45, 2.75) is 37.1 Å². The summed E-state index contributed by atoms with van der Waals surface area (Å²) < 4.78 is 1.59.